The number of nitrogens with one attached hydrogen (secondary N) is 1. The van der Waals surface area contributed by atoms with Crippen LogP contribution in [-0.4, -0.2) is 38.3 Å². The molecule has 24 heavy (non-hydrogen) atoms. The molecule has 0 spiro atoms. The maximum absolute atomic E-state index is 12.4. The molecule has 1 N–H and O–H groups in total. The Bertz CT molecular complexity index is 661. The predicted molar refractivity (Wildman–Crippen MR) is 96.5 cm³/mol. The summed E-state index contributed by atoms with van der Waals surface area (Å²) in [6.45, 7) is 5.54. The van der Waals surface area contributed by atoms with Gasteiger partial charge in [0.2, 0.25) is 15.9 Å². The number of benzene rings is 1. The topological polar surface area (TPSA) is 66.5 Å². The van der Waals surface area contributed by atoms with Crippen molar-refractivity contribution in [3.63, 3.8) is 0 Å². The van der Waals surface area contributed by atoms with Crippen molar-refractivity contribution in [1.82, 2.24) is 9.62 Å². The minimum Gasteiger partial charge on any atom is -0.356 e. The number of amides is 1. The van der Waals surface area contributed by atoms with Gasteiger partial charge in [-0.05, 0) is 30.4 Å². The highest BCUT2D eigenvalue weighted by molar-refractivity contribution is 7.92. The number of nitrogens with zero attached hydrogens (tertiary/aromatic N) is 1. The molecular formula is C18H26N2O3S. The number of hydrogen-bond acceptors (Lipinski definition) is 3. The molecule has 1 aliphatic rings. The average molecular weight is 350 g/mol. The third-order valence-corrected chi connectivity index (χ3v) is 5.67. The van der Waals surface area contributed by atoms with Crippen LogP contribution in [0, 0.1) is 11.8 Å². The fraction of sp³-hybridized carbons (Fsp3) is 0.500. The summed E-state index contributed by atoms with van der Waals surface area (Å²) in [6, 6.07) is 9.34. The van der Waals surface area contributed by atoms with E-state index in [0.29, 0.717) is 38.4 Å². The standard InChI is InChI=1S/C18H26N2O3S/c1-15(2)14-19-18(21)17-8-11-20(12-9-17)24(22,23)13-10-16-6-4-3-5-7-16/h3-7,10,13,15,17H,8-9,11-12,14H2,1-2H3,(H,19,21)/b13-10+. The molecule has 5 nitrogen and oxygen atoms in total. The Morgan fingerprint density at radius 2 is 1.88 bits per heavy atom. The van der Waals surface area contributed by atoms with Gasteiger partial charge in [-0.15, -0.1) is 0 Å². The monoisotopic (exact) mass is 350 g/mol. The summed E-state index contributed by atoms with van der Waals surface area (Å²) in [5, 5.41) is 4.18. The Kier molecular flexibility index (Phi) is 6.57. The van der Waals surface area contributed by atoms with Gasteiger partial charge in [-0.2, -0.15) is 4.31 Å². The van der Waals surface area contributed by atoms with Crippen LogP contribution in [-0.2, 0) is 14.8 Å². The molecule has 1 aliphatic heterocycles. The van der Waals surface area contributed by atoms with Gasteiger partial charge in [0.05, 0.1) is 0 Å². The molecule has 1 fully saturated rings. The zero-order chi connectivity index (χ0) is 17.6. The van der Waals surface area contributed by atoms with Gasteiger partial charge in [-0.1, -0.05) is 44.2 Å². The van der Waals surface area contributed by atoms with Crippen LogP contribution in [0.5, 0.6) is 0 Å². The minimum absolute atomic E-state index is 0.0422. The molecule has 0 aliphatic carbocycles. The van der Waals surface area contributed by atoms with E-state index in [4.69, 9.17) is 0 Å². The fourth-order valence-electron chi connectivity index (χ4n) is 2.64. The summed E-state index contributed by atoms with van der Waals surface area (Å²) in [4.78, 5) is 12.1. The van der Waals surface area contributed by atoms with Crippen LogP contribution in [0.1, 0.15) is 32.3 Å². The quantitative estimate of drug-likeness (QED) is 0.857. The molecular weight excluding hydrogens is 324 g/mol. The maximum atomic E-state index is 12.4. The molecule has 1 amide bonds. The number of carbonyl (C=O) groups excluding carboxylic acids is 1. The van der Waals surface area contributed by atoms with Crippen molar-refractivity contribution in [3.8, 4) is 0 Å². The first kappa shape index (κ1) is 18.7. The lowest BCUT2D eigenvalue weighted by Gasteiger charge is -2.29. The molecule has 0 saturated carbocycles. The molecule has 1 aromatic carbocycles. The second kappa shape index (κ2) is 8.44. The SMILES string of the molecule is CC(C)CNC(=O)C1CCN(S(=O)(=O)/C=C/c2ccccc2)CC1. The minimum atomic E-state index is -3.44. The lowest BCUT2D eigenvalue weighted by atomic mass is 9.97. The van der Waals surface area contributed by atoms with Gasteiger partial charge in [0.15, 0.2) is 0 Å². The number of hydrogen-bond donors (Lipinski definition) is 1. The van der Waals surface area contributed by atoms with Crippen molar-refractivity contribution in [2.45, 2.75) is 26.7 Å². The third-order valence-electron chi connectivity index (χ3n) is 4.10. The van der Waals surface area contributed by atoms with Gasteiger partial charge >= 0.3 is 0 Å². The lowest BCUT2D eigenvalue weighted by Crippen LogP contribution is -2.43. The lowest BCUT2D eigenvalue weighted by molar-refractivity contribution is -0.126. The Morgan fingerprint density at radius 1 is 1.25 bits per heavy atom. The van der Waals surface area contributed by atoms with Crippen LogP contribution in [0.25, 0.3) is 6.08 Å². The Balaban J connectivity index is 1.89. The second-order valence-electron chi connectivity index (χ2n) is 6.57. The molecule has 1 saturated heterocycles. The van der Waals surface area contributed by atoms with Crippen molar-refractivity contribution in [2.75, 3.05) is 19.6 Å². The molecule has 2 rings (SSSR count). The summed E-state index contributed by atoms with van der Waals surface area (Å²) in [7, 11) is -3.44. The predicted octanol–water partition coefficient (Wildman–Crippen LogP) is 2.47. The summed E-state index contributed by atoms with van der Waals surface area (Å²) >= 11 is 0. The highest BCUT2D eigenvalue weighted by Crippen LogP contribution is 2.21. The summed E-state index contributed by atoms with van der Waals surface area (Å²) in [5.41, 5.74) is 0.851. The van der Waals surface area contributed by atoms with Crippen molar-refractivity contribution >= 4 is 22.0 Å². The molecule has 0 bridgehead atoms. The van der Waals surface area contributed by atoms with Crippen molar-refractivity contribution in [2.24, 2.45) is 11.8 Å². The van der Waals surface area contributed by atoms with Gasteiger partial charge in [-0.25, -0.2) is 8.42 Å². The molecule has 1 aromatic rings. The van der Waals surface area contributed by atoms with E-state index in [9.17, 15) is 13.2 Å². The average Bonchev–Trinajstić information content (AvgIpc) is 2.59. The van der Waals surface area contributed by atoms with E-state index in [1.54, 1.807) is 6.08 Å². The first-order valence-electron chi connectivity index (χ1n) is 8.39. The number of sulfonamides is 1. The maximum Gasteiger partial charge on any atom is 0.236 e. The molecule has 0 radical (unpaired) electrons. The second-order valence-corrected chi connectivity index (χ2v) is 8.39. The number of carbonyl (C=O) groups is 1. The highest BCUT2D eigenvalue weighted by atomic mass is 32.2. The molecule has 1 heterocycles. The normalized spacial score (nSPS) is 17.5. The van der Waals surface area contributed by atoms with Crippen molar-refractivity contribution < 1.29 is 13.2 Å². The summed E-state index contributed by atoms with van der Waals surface area (Å²) in [5.74, 6) is 0.367. The largest absolute Gasteiger partial charge is 0.356 e. The van der Waals surface area contributed by atoms with Crippen LogP contribution < -0.4 is 5.32 Å². The molecule has 0 aromatic heterocycles. The Morgan fingerprint density at radius 3 is 2.46 bits per heavy atom. The number of rotatable bonds is 6. The van der Waals surface area contributed by atoms with Crippen LogP contribution in [0.2, 0.25) is 0 Å². The highest BCUT2D eigenvalue weighted by Gasteiger charge is 2.29. The molecule has 0 atom stereocenters. The third kappa shape index (κ3) is 5.46. The van der Waals surface area contributed by atoms with E-state index in [2.05, 4.69) is 19.2 Å². The van der Waals surface area contributed by atoms with Crippen molar-refractivity contribution in [3.05, 3.63) is 41.3 Å². The van der Waals surface area contributed by atoms with Crippen LogP contribution in [0.4, 0.5) is 0 Å². The van der Waals surface area contributed by atoms with Crippen LogP contribution in [0.15, 0.2) is 35.7 Å². The first-order valence-corrected chi connectivity index (χ1v) is 9.90. The zero-order valence-electron chi connectivity index (χ0n) is 14.3. The first-order chi connectivity index (χ1) is 11.4. The zero-order valence-corrected chi connectivity index (χ0v) is 15.1. The van der Waals surface area contributed by atoms with E-state index < -0.39 is 10.0 Å². The van der Waals surface area contributed by atoms with Gasteiger partial charge in [-0.3, -0.25) is 4.79 Å². The Labute approximate surface area is 144 Å². The van der Waals surface area contributed by atoms with Gasteiger partial charge < -0.3 is 5.32 Å². The number of piperidine rings is 1. The van der Waals surface area contributed by atoms with Gasteiger partial charge in [0.25, 0.3) is 0 Å². The summed E-state index contributed by atoms with van der Waals surface area (Å²) < 4.78 is 26.2. The van der Waals surface area contributed by atoms with E-state index >= 15 is 0 Å². The van der Waals surface area contributed by atoms with Crippen LogP contribution in [0.3, 0.4) is 0 Å². The van der Waals surface area contributed by atoms with Gasteiger partial charge in [0, 0.05) is 31.0 Å². The van der Waals surface area contributed by atoms with E-state index in [0.717, 1.165) is 5.56 Å². The Hall–Kier alpha value is -1.66. The van der Waals surface area contributed by atoms with Gasteiger partial charge in [0.1, 0.15) is 0 Å². The van der Waals surface area contributed by atoms with E-state index in [-0.39, 0.29) is 11.8 Å². The smallest absolute Gasteiger partial charge is 0.236 e. The fourth-order valence-corrected chi connectivity index (χ4v) is 3.86. The van der Waals surface area contributed by atoms with Crippen molar-refractivity contribution in [1.29, 1.82) is 0 Å². The molecule has 0 unspecified atom stereocenters. The van der Waals surface area contributed by atoms with E-state index in [1.165, 1.54) is 9.71 Å². The summed E-state index contributed by atoms with van der Waals surface area (Å²) in [6.07, 6.45) is 2.75. The van der Waals surface area contributed by atoms with Crippen LogP contribution >= 0.6 is 0 Å². The van der Waals surface area contributed by atoms with E-state index in [1.807, 2.05) is 30.3 Å². The molecule has 132 valence electrons. The molecule has 6 heteroatoms.